The van der Waals surface area contributed by atoms with Crippen molar-refractivity contribution in [2.75, 3.05) is 6.54 Å². The summed E-state index contributed by atoms with van der Waals surface area (Å²) in [5.74, 6) is 0.381. The lowest BCUT2D eigenvalue weighted by Gasteiger charge is -2.42. The Morgan fingerprint density at radius 2 is 2.24 bits per heavy atom. The monoisotopic (exact) mass is 237 g/mol. The number of hydrogen-bond donors (Lipinski definition) is 2. The van der Waals surface area contributed by atoms with Gasteiger partial charge in [-0.25, -0.2) is 0 Å². The zero-order chi connectivity index (χ0) is 11.9. The molecular weight excluding hydrogens is 214 g/mol. The van der Waals surface area contributed by atoms with Gasteiger partial charge < -0.3 is 15.6 Å². The zero-order valence-corrected chi connectivity index (χ0v) is 10.3. The highest BCUT2D eigenvalue weighted by Crippen LogP contribution is 2.51. The maximum absolute atomic E-state index is 10.8. The Morgan fingerprint density at radius 3 is 2.76 bits per heavy atom. The molecule has 0 spiro atoms. The predicted octanol–water partition coefficient (Wildman–Crippen LogP) is 1.60. The SMILES string of the molecule is NCC1(C(O)C2CC=CCC2)CC2CCC1O2. The first-order valence-electron chi connectivity index (χ1n) is 6.95. The van der Waals surface area contributed by atoms with Crippen LogP contribution in [0, 0.1) is 11.3 Å². The summed E-state index contributed by atoms with van der Waals surface area (Å²) in [6.45, 7) is 0.565. The fourth-order valence-corrected chi connectivity index (χ4v) is 4.05. The van der Waals surface area contributed by atoms with E-state index >= 15 is 0 Å². The van der Waals surface area contributed by atoms with Crippen molar-refractivity contribution < 1.29 is 9.84 Å². The predicted molar refractivity (Wildman–Crippen MR) is 66.5 cm³/mol. The van der Waals surface area contributed by atoms with Gasteiger partial charge in [0.05, 0.1) is 18.3 Å². The third kappa shape index (κ3) is 1.76. The lowest BCUT2D eigenvalue weighted by atomic mass is 9.65. The zero-order valence-electron chi connectivity index (χ0n) is 10.3. The molecule has 0 saturated carbocycles. The molecule has 5 unspecified atom stereocenters. The van der Waals surface area contributed by atoms with Crippen molar-refractivity contribution in [2.24, 2.45) is 17.1 Å². The number of nitrogens with two attached hydrogens (primary N) is 1. The van der Waals surface area contributed by atoms with Crippen LogP contribution in [0.25, 0.3) is 0 Å². The molecule has 96 valence electrons. The number of aliphatic hydroxyl groups excluding tert-OH is 1. The van der Waals surface area contributed by atoms with E-state index in [1.807, 2.05) is 0 Å². The number of rotatable bonds is 3. The molecule has 2 fully saturated rings. The minimum atomic E-state index is -0.284. The summed E-state index contributed by atoms with van der Waals surface area (Å²) in [5, 5.41) is 10.8. The summed E-state index contributed by atoms with van der Waals surface area (Å²) in [6, 6.07) is 0. The molecule has 2 bridgehead atoms. The minimum absolute atomic E-state index is 0.154. The second-order valence-corrected chi connectivity index (χ2v) is 5.95. The van der Waals surface area contributed by atoms with E-state index in [0.717, 1.165) is 38.5 Å². The molecule has 3 aliphatic rings. The van der Waals surface area contributed by atoms with Gasteiger partial charge in [-0.15, -0.1) is 0 Å². The Kier molecular flexibility index (Phi) is 3.01. The molecular formula is C14H23NO2. The molecule has 3 nitrogen and oxygen atoms in total. The number of ether oxygens (including phenoxy) is 1. The average molecular weight is 237 g/mol. The fraction of sp³-hybridized carbons (Fsp3) is 0.857. The highest BCUT2D eigenvalue weighted by atomic mass is 16.5. The highest BCUT2D eigenvalue weighted by molar-refractivity contribution is 5.08. The van der Waals surface area contributed by atoms with Gasteiger partial charge >= 0.3 is 0 Å². The topological polar surface area (TPSA) is 55.5 Å². The van der Waals surface area contributed by atoms with Crippen LogP contribution in [-0.4, -0.2) is 30.0 Å². The maximum Gasteiger partial charge on any atom is 0.0674 e. The quantitative estimate of drug-likeness (QED) is 0.733. The van der Waals surface area contributed by atoms with Crippen molar-refractivity contribution in [1.29, 1.82) is 0 Å². The molecule has 5 atom stereocenters. The van der Waals surface area contributed by atoms with Gasteiger partial charge in [-0.1, -0.05) is 12.2 Å². The smallest absolute Gasteiger partial charge is 0.0674 e. The highest BCUT2D eigenvalue weighted by Gasteiger charge is 2.56. The van der Waals surface area contributed by atoms with Crippen LogP contribution in [0.1, 0.15) is 38.5 Å². The van der Waals surface area contributed by atoms with Crippen LogP contribution in [-0.2, 0) is 4.74 Å². The summed E-state index contributed by atoms with van der Waals surface area (Å²) < 4.78 is 5.93. The van der Waals surface area contributed by atoms with Gasteiger partial charge in [-0.2, -0.15) is 0 Å². The lowest BCUT2D eigenvalue weighted by molar-refractivity contribution is -0.0570. The van der Waals surface area contributed by atoms with Gasteiger partial charge in [-0.3, -0.25) is 0 Å². The van der Waals surface area contributed by atoms with E-state index in [1.165, 1.54) is 0 Å². The average Bonchev–Trinajstić information content (AvgIpc) is 2.99. The molecule has 2 saturated heterocycles. The van der Waals surface area contributed by atoms with Crippen LogP contribution in [0.3, 0.4) is 0 Å². The minimum Gasteiger partial charge on any atom is -0.392 e. The normalized spacial score (nSPS) is 46.4. The third-order valence-corrected chi connectivity index (χ3v) is 5.08. The molecule has 2 aliphatic heterocycles. The summed E-state index contributed by atoms with van der Waals surface area (Å²) in [4.78, 5) is 0. The number of hydrogen-bond acceptors (Lipinski definition) is 3. The Bertz CT molecular complexity index is 317. The molecule has 0 radical (unpaired) electrons. The fourth-order valence-electron chi connectivity index (χ4n) is 4.05. The summed E-state index contributed by atoms with van der Waals surface area (Å²) in [5.41, 5.74) is 5.85. The summed E-state index contributed by atoms with van der Waals surface area (Å²) >= 11 is 0. The third-order valence-electron chi connectivity index (χ3n) is 5.08. The number of aliphatic hydroxyl groups is 1. The molecule has 0 aromatic carbocycles. The van der Waals surface area contributed by atoms with Crippen molar-refractivity contribution in [3.8, 4) is 0 Å². The molecule has 0 amide bonds. The van der Waals surface area contributed by atoms with E-state index in [-0.39, 0.29) is 17.6 Å². The van der Waals surface area contributed by atoms with E-state index in [2.05, 4.69) is 12.2 Å². The van der Waals surface area contributed by atoms with Crippen molar-refractivity contribution in [2.45, 2.75) is 56.8 Å². The van der Waals surface area contributed by atoms with Gasteiger partial charge in [0.1, 0.15) is 0 Å². The molecule has 3 N–H and O–H groups in total. The van der Waals surface area contributed by atoms with Gasteiger partial charge in [0, 0.05) is 12.0 Å². The molecule has 3 heteroatoms. The van der Waals surface area contributed by atoms with Crippen LogP contribution in [0.4, 0.5) is 0 Å². The van der Waals surface area contributed by atoms with Gasteiger partial charge in [0.25, 0.3) is 0 Å². The van der Waals surface area contributed by atoms with Gasteiger partial charge in [-0.05, 0) is 44.4 Å². The number of fused-ring (bicyclic) bond motifs is 2. The number of allylic oxidation sites excluding steroid dienone is 2. The van der Waals surface area contributed by atoms with Crippen molar-refractivity contribution in [3.05, 3.63) is 12.2 Å². The molecule has 3 rings (SSSR count). The van der Waals surface area contributed by atoms with Crippen LogP contribution >= 0.6 is 0 Å². The van der Waals surface area contributed by atoms with Crippen LogP contribution in [0.2, 0.25) is 0 Å². The first kappa shape index (κ1) is 11.7. The molecule has 2 heterocycles. The summed E-state index contributed by atoms with van der Waals surface area (Å²) in [7, 11) is 0. The van der Waals surface area contributed by atoms with Crippen LogP contribution in [0.15, 0.2) is 12.2 Å². The van der Waals surface area contributed by atoms with E-state index in [9.17, 15) is 5.11 Å². The Balaban J connectivity index is 1.78. The first-order chi connectivity index (χ1) is 8.26. The second kappa shape index (κ2) is 4.38. The maximum atomic E-state index is 10.8. The summed E-state index contributed by atoms with van der Waals surface area (Å²) in [6.07, 6.45) is 11.1. The van der Waals surface area contributed by atoms with E-state index in [0.29, 0.717) is 18.6 Å². The van der Waals surface area contributed by atoms with Crippen LogP contribution in [0.5, 0.6) is 0 Å². The molecule has 0 aromatic heterocycles. The largest absolute Gasteiger partial charge is 0.392 e. The molecule has 1 aliphatic carbocycles. The second-order valence-electron chi connectivity index (χ2n) is 5.95. The van der Waals surface area contributed by atoms with Gasteiger partial charge in [0.15, 0.2) is 0 Å². The van der Waals surface area contributed by atoms with Crippen molar-refractivity contribution in [3.63, 3.8) is 0 Å². The molecule has 0 aromatic rings. The molecule has 17 heavy (non-hydrogen) atoms. The Morgan fingerprint density at radius 1 is 1.35 bits per heavy atom. The standard InChI is InChI=1S/C14H23NO2/c15-9-14(8-11-6-7-12(14)17-11)13(16)10-4-2-1-3-5-10/h1-2,10-13,16H,3-9,15H2. The van der Waals surface area contributed by atoms with Crippen molar-refractivity contribution >= 4 is 0 Å². The van der Waals surface area contributed by atoms with Crippen molar-refractivity contribution in [1.82, 2.24) is 0 Å². The Labute approximate surface area is 103 Å². The van der Waals surface area contributed by atoms with E-state index < -0.39 is 0 Å². The van der Waals surface area contributed by atoms with E-state index in [1.54, 1.807) is 0 Å². The van der Waals surface area contributed by atoms with Crippen LogP contribution < -0.4 is 5.73 Å². The lowest BCUT2D eigenvalue weighted by Crippen LogP contribution is -2.51. The Hall–Kier alpha value is -0.380. The van der Waals surface area contributed by atoms with E-state index in [4.69, 9.17) is 10.5 Å². The van der Waals surface area contributed by atoms with Gasteiger partial charge in [0.2, 0.25) is 0 Å². The first-order valence-corrected chi connectivity index (χ1v) is 6.95.